The van der Waals surface area contributed by atoms with Crippen molar-refractivity contribution in [1.82, 2.24) is 0 Å². The van der Waals surface area contributed by atoms with Gasteiger partial charge in [0.15, 0.2) is 0 Å². The topological polar surface area (TPSA) is 75.4 Å². The molecule has 0 saturated heterocycles. The minimum atomic E-state index is -0.675. The molecule has 0 radical (unpaired) electrons. The van der Waals surface area contributed by atoms with Crippen LogP contribution in [0.5, 0.6) is 0 Å². The molecule has 1 aromatic rings. The van der Waals surface area contributed by atoms with Crippen LogP contribution in [0.4, 0.5) is 11.4 Å². The number of halogens is 1. The molecular formula is C12H15ClN2O3. The van der Waals surface area contributed by atoms with Gasteiger partial charge in [0.25, 0.3) is 5.69 Å². The van der Waals surface area contributed by atoms with Crippen LogP contribution in [0.2, 0.25) is 5.02 Å². The third-order valence-corrected chi connectivity index (χ3v) is 3.62. The zero-order valence-corrected chi connectivity index (χ0v) is 10.6. The van der Waals surface area contributed by atoms with Gasteiger partial charge >= 0.3 is 0 Å². The Morgan fingerprint density at radius 2 is 2.11 bits per heavy atom. The second kappa shape index (κ2) is 5.12. The van der Waals surface area contributed by atoms with Crippen molar-refractivity contribution in [2.45, 2.75) is 31.3 Å². The van der Waals surface area contributed by atoms with Crippen LogP contribution in [0.15, 0.2) is 18.2 Å². The molecular weight excluding hydrogens is 256 g/mol. The summed E-state index contributed by atoms with van der Waals surface area (Å²) in [5.74, 6) is 0. The highest BCUT2D eigenvalue weighted by molar-refractivity contribution is 6.33. The van der Waals surface area contributed by atoms with Gasteiger partial charge in [-0.05, 0) is 18.9 Å². The molecule has 0 bridgehead atoms. The molecule has 18 heavy (non-hydrogen) atoms. The predicted octanol–water partition coefficient (Wildman–Crippen LogP) is 2.97. The van der Waals surface area contributed by atoms with Crippen LogP contribution in [-0.4, -0.2) is 22.2 Å². The molecule has 98 valence electrons. The van der Waals surface area contributed by atoms with Crippen LogP contribution < -0.4 is 5.32 Å². The lowest BCUT2D eigenvalue weighted by atomic mass is 10.0. The van der Waals surface area contributed by atoms with E-state index in [-0.39, 0.29) is 5.69 Å². The van der Waals surface area contributed by atoms with E-state index in [1.165, 1.54) is 12.1 Å². The monoisotopic (exact) mass is 270 g/mol. The molecule has 1 saturated carbocycles. The highest BCUT2D eigenvalue weighted by atomic mass is 35.5. The Morgan fingerprint density at radius 1 is 1.44 bits per heavy atom. The molecule has 0 amide bonds. The van der Waals surface area contributed by atoms with Gasteiger partial charge in [0, 0.05) is 18.7 Å². The molecule has 1 aliphatic carbocycles. The second-order valence-electron chi connectivity index (χ2n) is 4.71. The summed E-state index contributed by atoms with van der Waals surface area (Å²) in [6.07, 6.45) is 3.63. The van der Waals surface area contributed by atoms with E-state index in [1.54, 1.807) is 6.07 Å². The minimum absolute atomic E-state index is 0.0369. The fourth-order valence-corrected chi connectivity index (χ4v) is 2.47. The number of nitrogens with zero attached hydrogens (tertiary/aromatic N) is 1. The first kappa shape index (κ1) is 13.1. The van der Waals surface area contributed by atoms with Crippen molar-refractivity contribution >= 4 is 23.0 Å². The van der Waals surface area contributed by atoms with E-state index in [2.05, 4.69) is 5.32 Å². The number of aliphatic hydroxyl groups is 1. The van der Waals surface area contributed by atoms with Crippen molar-refractivity contribution in [2.24, 2.45) is 0 Å². The second-order valence-corrected chi connectivity index (χ2v) is 5.11. The maximum absolute atomic E-state index is 10.6. The molecule has 2 rings (SSSR count). The van der Waals surface area contributed by atoms with E-state index < -0.39 is 10.5 Å². The molecule has 0 aliphatic heterocycles. The van der Waals surface area contributed by atoms with Crippen molar-refractivity contribution in [2.75, 3.05) is 11.9 Å². The van der Waals surface area contributed by atoms with Gasteiger partial charge in [0.2, 0.25) is 0 Å². The van der Waals surface area contributed by atoms with E-state index in [4.69, 9.17) is 11.6 Å². The lowest BCUT2D eigenvalue weighted by molar-refractivity contribution is -0.384. The highest BCUT2D eigenvalue weighted by Crippen LogP contribution is 2.31. The van der Waals surface area contributed by atoms with E-state index >= 15 is 0 Å². The number of rotatable bonds is 4. The van der Waals surface area contributed by atoms with Crippen molar-refractivity contribution < 1.29 is 10.0 Å². The summed E-state index contributed by atoms with van der Waals surface area (Å²) in [6.45, 7) is 0.421. The molecule has 2 N–H and O–H groups in total. The van der Waals surface area contributed by atoms with Crippen LogP contribution in [0.3, 0.4) is 0 Å². The largest absolute Gasteiger partial charge is 0.388 e. The average molecular weight is 271 g/mol. The Bertz CT molecular complexity index is 459. The van der Waals surface area contributed by atoms with E-state index in [9.17, 15) is 15.2 Å². The van der Waals surface area contributed by atoms with Crippen molar-refractivity contribution in [3.05, 3.63) is 33.3 Å². The molecule has 0 spiro atoms. The Labute approximate surface area is 110 Å². The van der Waals surface area contributed by atoms with Crippen molar-refractivity contribution in [3.63, 3.8) is 0 Å². The number of nitrogens with one attached hydrogen (secondary N) is 1. The predicted molar refractivity (Wildman–Crippen MR) is 70.0 cm³/mol. The Balaban J connectivity index is 2.03. The fourth-order valence-electron chi connectivity index (χ4n) is 2.23. The maximum atomic E-state index is 10.6. The van der Waals surface area contributed by atoms with Gasteiger partial charge in [-0.2, -0.15) is 0 Å². The zero-order valence-electron chi connectivity index (χ0n) is 9.86. The molecule has 1 aromatic carbocycles. The van der Waals surface area contributed by atoms with Crippen LogP contribution in [0, 0.1) is 10.1 Å². The van der Waals surface area contributed by atoms with Gasteiger partial charge in [-0.15, -0.1) is 0 Å². The average Bonchev–Trinajstić information content (AvgIpc) is 2.75. The van der Waals surface area contributed by atoms with Gasteiger partial charge in [0.05, 0.1) is 21.2 Å². The first-order valence-electron chi connectivity index (χ1n) is 5.90. The van der Waals surface area contributed by atoms with Crippen molar-refractivity contribution in [1.29, 1.82) is 0 Å². The molecule has 6 heteroatoms. The highest BCUT2D eigenvalue weighted by Gasteiger charge is 2.30. The minimum Gasteiger partial charge on any atom is -0.388 e. The first-order chi connectivity index (χ1) is 8.50. The third kappa shape index (κ3) is 2.91. The number of benzene rings is 1. The molecule has 1 fully saturated rings. The van der Waals surface area contributed by atoms with Gasteiger partial charge in [-0.3, -0.25) is 10.1 Å². The summed E-state index contributed by atoms with van der Waals surface area (Å²) in [4.78, 5) is 10.1. The van der Waals surface area contributed by atoms with Gasteiger partial charge in [0.1, 0.15) is 0 Å². The van der Waals surface area contributed by atoms with Gasteiger partial charge in [-0.1, -0.05) is 24.4 Å². The maximum Gasteiger partial charge on any atom is 0.271 e. The molecule has 1 aliphatic rings. The zero-order chi connectivity index (χ0) is 13.2. The normalized spacial score (nSPS) is 17.7. The fraction of sp³-hybridized carbons (Fsp3) is 0.500. The molecule has 5 nitrogen and oxygen atoms in total. The van der Waals surface area contributed by atoms with Crippen molar-refractivity contribution in [3.8, 4) is 0 Å². The van der Waals surface area contributed by atoms with Gasteiger partial charge in [-0.25, -0.2) is 0 Å². The quantitative estimate of drug-likeness (QED) is 0.651. The summed E-state index contributed by atoms with van der Waals surface area (Å²) in [5, 5.41) is 24.1. The number of non-ortho nitro benzene ring substituents is 1. The standard InChI is InChI=1S/C12H15ClN2O3/c13-10-7-9(15(17)18)3-4-11(10)14-8-12(16)5-1-2-6-12/h3-4,7,14,16H,1-2,5-6,8H2. The van der Waals surface area contributed by atoms with Crippen LogP contribution in [0.1, 0.15) is 25.7 Å². The third-order valence-electron chi connectivity index (χ3n) is 3.31. The lowest BCUT2D eigenvalue weighted by Crippen LogP contribution is -2.33. The Kier molecular flexibility index (Phi) is 3.73. The Hall–Kier alpha value is -1.33. The summed E-state index contributed by atoms with van der Waals surface area (Å²) >= 11 is 5.96. The summed E-state index contributed by atoms with van der Waals surface area (Å²) in [5.41, 5.74) is -0.0989. The number of hydrogen-bond acceptors (Lipinski definition) is 4. The Morgan fingerprint density at radius 3 is 2.67 bits per heavy atom. The number of nitro groups is 1. The summed E-state index contributed by atoms with van der Waals surface area (Å²) in [6, 6.07) is 4.27. The molecule has 0 unspecified atom stereocenters. The molecule has 0 aromatic heterocycles. The van der Waals surface area contributed by atoms with E-state index in [0.717, 1.165) is 25.7 Å². The van der Waals surface area contributed by atoms with E-state index in [1.807, 2.05) is 0 Å². The van der Waals surface area contributed by atoms with Crippen LogP contribution >= 0.6 is 11.6 Å². The molecule has 0 atom stereocenters. The van der Waals surface area contributed by atoms with E-state index in [0.29, 0.717) is 17.3 Å². The first-order valence-corrected chi connectivity index (χ1v) is 6.28. The smallest absolute Gasteiger partial charge is 0.271 e. The van der Waals surface area contributed by atoms with Gasteiger partial charge < -0.3 is 10.4 Å². The lowest BCUT2D eigenvalue weighted by Gasteiger charge is -2.23. The molecule has 0 heterocycles. The SMILES string of the molecule is O=[N+]([O-])c1ccc(NCC2(O)CCCC2)c(Cl)c1. The number of nitro benzene ring substituents is 1. The van der Waals surface area contributed by atoms with Crippen LogP contribution in [-0.2, 0) is 0 Å². The summed E-state index contributed by atoms with van der Waals surface area (Å²) in [7, 11) is 0. The summed E-state index contributed by atoms with van der Waals surface area (Å²) < 4.78 is 0. The van der Waals surface area contributed by atoms with Crippen LogP contribution in [0.25, 0.3) is 0 Å². The number of anilines is 1. The number of hydrogen-bond donors (Lipinski definition) is 2.